The Morgan fingerprint density at radius 3 is 2.53 bits per heavy atom. The van der Waals surface area contributed by atoms with Crippen molar-refractivity contribution in [1.82, 2.24) is 9.88 Å². The van der Waals surface area contributed by atoms with E-state index in [1.54, 1.807) is 0 Å². The Morgan fingerprint density at radius 2 is 1.70 bits per heavy atom. The quantitative estimate of drug-likeness (QED) is 0.598. The number of ether oxygens (including phenoxy) is 2. The zero-order chi connectivity index (χ0) is 20.3. The van der Waals surface area contributed by atoms with Gasteiger partial charge in [-0.05, 0) is 79.3 Å². The van der Waals surface area contributed by atoms with Crippen molar-refractivity contribution in [1.29, 1.82) is 0 Å². The molecule has 0 amide bonds. The third kappa shape index (κ3) is 4.19. The number of benzene rings is 2. The molecular formula is C26H28N2O2. The molecule has 2 aromatic carbocycles. The molecule has 4 nitrogen and oxygen atoms in total. The van der Waals surface area contributed by atoms with Crippen molar-refractivity contribution in [3.05, 3.63) is 88.7 Å². The smallest absolute Gasteiger partial charge is 0.161 e. The SMILES string of the molecule is Cc1cc(Cc2ccc(CN3CCCC3c3ccc4c(c3)OCCO4)cc2)ccn1. The van der Waals surface area contributed by atoms with Gasteiger partial charge in [0.05, 0.1) is 0 Å². The fraction of sp³-hybridized carbons (Fsp3) is 0.346. The van der Waals surface area contributed by atoms with Gasteiger partial charge in [-0.25, -0.2) is 0 Å². The largest absolute Gasteiger partial charge is 0.486 e. The molecule has 2 aliphatic heterocycles. The first-order valence-electron chi connectivity index (χ1n) is 10.9. The van der Waals surface area contributed by atoms with Crippen LogP contribution >= 0.6 is 0 Å². The van der Waals surface area contributed by atoms with E-state index < -0.39 is 0 Å². The summed E-state index contributed by atoms with van der Waals surface area (Å²) in [6.45, 7) is 5.43. The molecule has 1 unspecified atom stereocenters. The lowest BCUT2D eigenvalue weighted by molar-refractivity contribution is 0.170. The molecule has 1 saturated heterocycles. The molecule has 1 atom stereocenters. The van der Waals surface area contributed by atoms with E-state index in [9.17, 15) is 0 Å². The Morgan fingerprint density at radius 1 is 0.900 bits per heavy atom. The van der Waals surface area contributed by atoms with Gasteiger partial charge in [-0.1, -0.05) is 30.3 Å². The molecule has 5 rings (SSSR count). The Bertz CT molecular complexity index is 1020. The average molecular weight is 401 g/mol. The molecule has 1 fully saturated rings. The summed E-state index contributed by atoms with van der Waals surface area (Å²) in [6, 6.07) is 20.2. The summed E-state index contributed by atoms with van der Waals surface area (Å²) < 4.78 is 11.5. The maximum atomic E-state index is 5.80. The number of fused-ring (bicyclic) bond motifs is 1. The van der Waals surface area contributed by atoms with E-state index in [0.29, 0.717) is 19.3 Å². The molecule has 30 heavy (non-hydrogen) atoms. The van der Waals surface area contributed by atoms with Crippen LogP contribution in [0.15, 0.2) is 60.8 Å². The molecule has 0 N–H and O–H groups in total. The van der Waals surface area contributed by atoms with Crippen LogP contribution in [0.25, 0.3) is 0 Å². The summed E-state index contributed by atoms with van der Waals surface area (Å²) in [5, 5.41) is 0. The third-order valence-electron chi connectivity index (χ3n) is 6.09. The lowest BCUT2D eigenvalue weighted by atomic mass is 10.0. The summed E-state index contributed by atoms with van der Waals surface area (Å²) in [6.07, 6.45) is 5.27. The average Bonchev–Trinajstić information content (AvgIpc) is 3.23. The van der Waals surface area contributed by atoms with E-state index in [1.807, 2.05) is 13.1 Å². The van der Waals surface area contributed by atoms with Gasteiger partial charge in [0, 0.05) is 24.5 Å². The molecule has 4 heteroatoms. The van der Waals surface area contributed by atoms with Crippen LogP contribution in [-0.4, -0.2) is 29.6 Å². The first-order chi connectivity index (χ1) is 14.7. The summed E-state index contributed by atoms with van der Waals surface area (Å²) in [5.74, 6) is 1.76. The van der Waals surface area contributed by atoms with Crippen molar-refractivity contribution < 1.29 is 9.47 Å². The van der Waals surface area contributed by atoms with Gasteiger partial charge in [0.2, 0.25) is 0 Å². The lowest BCUT2D eigenvalue weighted by Gasteiger charge is -2.26. The van der Waals surface area contributed by atoms with Crippen molar-refractivity contribution in [2.24, 2.45) is 0 Å². The van der Waals surface area contributed by atoms with Crippen LogP contribution in [0, 0.1) is 6.92 Å². The lowest BCUT2D eigenvalue weighted by Crippen LogP contribution is -2.23. The Kier molecular flexibility index (Phi) is 5.41. The van der Waals surface area contributed by atoms with Crippen LogP contribution in [0.5, 0.6) is 11.5 Å². The van der Waals surface area contributed by atoms with Crippen LogP contribution in [-0.2, 0) is 13.0 Å². The highest BCUT2D eigenvalue weighted by Crippen LogP contribution is 2.38. The topological polar surface area (TPSA) is 34.6 Å². The Hall–Kier alpha value is -2.85. The minimum Gasteiger partial charge on any atom is -0.486 e. The molecule has 0 aliphatic carbocycles. The van der Waals surface area contributed by atoms with Crippen LogP contribution in [0.2, 0.25) is 0 Å². The van der Waals surface area contributed by atoms with E-state index in [0.717, 1.165) is 36.7 Å². The monoisotopic (exact) mass is 400 g/mol. The van der Waals surface area contributed by atoms with Crippen LogP contribution in [0.4, 0.5) is 0 Å². The molecule has 0 saturated carbocycles. The molecule has 2 aliphatic rings. The van der Waals surface area contributed by atoms with E-state index >= 15 is 0 Å². The Balaban J connectivity index is 1.27. The second-order valence-corrected chi connectivity index (χ2v) is 8.33. The number of aromatic nitrogens is 1. The summed E-state index contributed by atoms with van der Waals surface area (Å²) in [4.78, 5) is 6.88. The number of hydrogen-bond acceptors (Lipinski definition) is 4. The number of hydrogen-bond donors (Lipinski definition) is 0. The fourth-order valence-electron chi connectivity index (χ4n) is 4.61. The molecule has 3 heterocycles. The number of likely N-dealkylation sites (tertiary alicyclic amines) is 1. The van der Waals surface area contributed by atoms with Crippen LogP contribution in [0.1, 0.15) is 46.8 Å². The highest BCUT2D eigenvalue weighted by Gasteiger charge is 2.27. The summed E-state index contributed by atoms with van der Waals surface area (Å²) >= 11 is 0. The Labute approximate surface area is 178 Å². The molecular weight excluding hydrogens is 372 g/mol. The molecule has 1 aromatic heterocycles. The summed E-state index contributed by atoms with van der Waals surface area (Å²) in [5.41, 5.74) is 6.43. The predicted octanol–water partition coefficient (Wildman–Crippen LogP) is 5.09. The van der Waals surface area contributed by atoms with Crippen molar-refractivity contribution in [3.63, 3.8) is 0 Å². The predicted molar refractivity (Wildman–Crippen MR) is 118 cm³/mol. The minimum atomic E-state index is 0.445. The van der Waals surface area contributed by atoms with Crippen LogP contribution < -0.4 is 9.47 Å². The van der Waals surface area contributed by atoms with Crippen molar-refractivity contribution in [2.45, 2.75) is 38.8 Å². The van der Waals surface area contributed by atoms with Gasteiger partial charge < -0.3 is 9.47 Å². The first kappa shape index (κ1) is 19.1. The van der Waals surface area contributed by atoms with Gasteiger partial charge >= 0.3 is 0 Å². The zero-order valence-corrected chi connectivity index (χ0v) is 17.5. The fourth-order valence-corrected chi connectivity index (χ4v) is 4.61. The van der Waals surface area contributed by atoms with Gasteiger partial charge in [0.25, 0.3) is 0 Å². The standard InChI is InChI=1S/C26H28N2O2/c1-19-15-22(10-11-27-19)16-20-4-6-21(7-5-20)18-28-12-2-3-24(28)23-8-9-25-26(17-23)30-14-13-29-25/h4-11,15,17,24H,2-3,12-14,16,18H2,1H3. The van der Waals surface area contributed by atoms with Gasteiger partial charge in [-0.3, -0.25) is 9.88 Å². The zero-order valence-electron chi connectivity index (χ0n) is 17.5. The van der Waals surface area contributed by atoms with Crippen molar-refractivity contribution in [2.75, 3.05) is 19.8 Å². The second kappa shape index (κ2) is 8.49. The molecule has 0 radical (unpaired) electrons. The van der Waals surface area contributed by atoms with Gasteiger partial charge in [-0.15, -0.1) is 0 Å². The third-order valence-corrected chi connectivity index (χ3v) is 6.09. The number of rotatable bonds is 5. The summed E-state index contributed by atoms with van der Waals surface area (Å²) in [7, 11) is 0. The van der Waals surface area contributed by atoms with E-state index in [-0.39, 0.29) is 0 Å². The molecule has 154 valence electrons. The minimum absolute atomic E-state index is 0.445. The number of nitrogens with zero attached hydrogens (tertiary/aromatic N) is 2. The molecule has 0 spiro atoms. The maximum absolute atomic E-state index is 5.80. The van der Waals surface area contributed by atoms with E-state index in [2.05, 4.69) is 64.5 Å². The number of pyridine rings is 1. The number of aryl methyl sites for hydroxylation is 1. The second-order valence-electron chi connectivity index (χ2n) is 8.33. The maximum Gasteiger partial charge on any atom is 0.161 e. The highest BCUT2D eigenvalue weighted by atomic mass is 16.6. The van der Waals surface area contributed by atoms with Crippen molar-refractivity contribution in [3.8, 4) is 11.5 Å². The van der Waals surface area contributed by atoms with Gasteiger partial charge in [0.15, 0.2) is 11.5 Å². The van der Waals surface area contributed by atoms with Gasteiger partial charge in [0.1, 0.15) is 13.2 Å². The van der Waals surface area contributed by atoms with Crippen LogP contribution in [0.3, 0.4) is 0 Å². The van der Waals surface area contributed by atoms with Crippen molar-refractivity contribution >= 4 is 0 Å². The highest BCUT2D eigenvalue weighted by molar-refractivity contribution is 5.45. The first-order valence-corrected chi connectivity index (χ1v) is 10.9. The van der Waals surface area contributed by atoms with Gasteiger partial charge in [-0.2, -0.15) is 0 Å². The molecule has 0 bridgehead atoms. The van der Waals surface area contributed by atoms with E-state index in [1.165, 1.54) is 35.1 Å². The normalized spacial score (nSPS) is 18.5. The van der Waals surface area contributed by atoms with E-state index in [4.69, 9.17) is 9.47 Å². The molecule has 3 aromatic rings.